The van der Waals surface area contributed by atoms with Gasteiger partial charge in [-0.2, -0.15) is 5.10 Å². The van der Waals surface area contributed by atoms with Crippen LogP contribution in [-0.2, 0) is 14.6 Å². The average Bonchev–Trinajstić information content (AvgIpc) is 3.04. The number of carbonyl (C=O) groups excluding carboxylic acids is 1. The highest BCUT2D eigenvalue weighted by Gasteiger charge is 2.32. The number of fused-ring (bicyclic) bond motifs is 1. The number of hydrazone groups is 1. The summed E-state index contributed by atoms with van der Waals surface area (Å²) in [5, 5.41) is 3.87. The van der Waals surface area contributed by atoms with E-state index in [1.807, 2.05) is 0 Å². The number of hydrogen-bond acceptors (Lipinski definition) is 6. The van der Waals surface area contributed by atoms with Crippen LogP contribution >= 0.6 is 15.9 Å². The summed E-state index contributed by atoms with van der Waals surface area (Å²) < 4.78 is 33.9. The van der Waals surface area contributed by atoms with Crippen molar-refractivity contribution in [3.05, 3.63) is 22.2 Å². The van der Waals surface area contributed by atoms with Crippen molar-refractivity contribution in [1.82, 2.24) is 5.43 Å². The summed E-state index contributed by atoms with van der Waals surface area (Å²) in [5.74, 6) is 0.295. The van der Waals surface area contributed by atoms with Gasteiger partial charge in [-0.1, -0.05) is 0 Å². The zero-order valence-corrected chi connectivity index (χ0v) is 13.8. The molecular weight excluding hydrogens is 376 g/mol. The number of hydrogen-bond donors (Lipinski definition) is 1. The van der Waals surface area contributed by atoms with Gasteiger partial charge in [-0.3, -0.25) is 4.79 Å². The van der Waals surface area contributed by atoms with Crippen LogP contribution in [0.3, 0.4) is 0 Å². The van der Waals surface area contributed by atoms with Crippen molar-refractivity contribution in [1.29, 1.82) is 0 Å². The summed E-state index contributed by atoms with van der Waals surface area (Å²) in [7, 11) is -3.08. The van der Waals surface area contributed by atoms with Crippen LogP contribution < -0.4 is 14.9 Å². The van der Waals surface area contributed by atoms with E-state index in [1.54, 1.807) is 12.1 Å². The van der Waals surface area contributed by atoms with Gasteiger partial charge < -0.3 is 9.47 Å². The Morgan fingerprint density at radius 3 is 2.77 bits per heavy atom. The van der Waals surface area contributed by atoms with Crippen LogP contribution in [-0.4, -0.2) is 38.8 Å². The first-order valence-electron chi connectivity index (χ1n) is 6.57. The normalized spacial score (nSPS) is 22.1. The lowest BCUT2D eigenvalue weighted by molar-refractivity contribution is -0.124. The van der Waals surface area contributed by atoms with Gasteiger partial charge in [0.05, 0.1) is 23.6 Å². The monoisotopic (exact) mass is 388 g/mol. The fourth-order valence-corrected chi connectivity index (χ4v) is 4.46. The van der Waals surface area contributed by atoms with Gasteiger partial charge in [-0.05, 0) is 34.5 Å². The maximum absolute atomic E-state index is 11.8. The predicted octanol–water partition coefficient (Wildman–Crippen LogP) is 1.06. The van der Waals surface area contributed by atoms with Gasteiger partial charge in [0.2, 0.25) is 12.7 Å². The van der Waals surface area contributed by atoms with Gasteiger partial charge in [0.1, 0.15) is 0 Å². The number of carbonyl (C=O) groups is 1. The third kappa shape index (κ3) is 3.25. The SMILES string of the molecule is O=C(N/N=C\c1cc2c(cc1Br)OCO2)[C@H]1CCS(=O)(=O)C1. The summed E-state index contributed by atoms with van der Waals surface area (Å²) >= 11 is 3.38. The van der Waals surface area contributed by atoms with Crippen LogP contribution in [0.15, 0.2) is 21.7 Å². The molecule has 1 aromatic carbocycles. The molecule has 3 rings (SSSR count). The first-order valence-corrected chi connectivity index (χ1v) is 9.18. The van der Waals surface area contributed by atoms with Crippen LogP contribution in [0.1, 0.15) is 12.0 Å². The number of nitrogens with zero attached hydrogens (tertiary/aromatic N) is 1. The summed E-state index contributed by atoms with van der Waals surface area (Å²) in [6, 6.07) is 3.50. The second-order valence-corrected chi connectivity index (χ2v) is 8.14. The Balaban J connectivity index is 1.64. The molecule has 1 atom stereocenters. The molecule has 118 valence electrons. The van der Waals surface area contributed by atoms with Crippen molar-refractivity contribution >= 4 is 37.9 Å². The fraction of sp³-hybridized carbons (Fsp3) is 0.385. The van der Waals surface area contributed by atoms with Gasteiger partial charge in [0, 0.05) is 10.0 Å². The Hall–Kier alpha value is -1.61. The van der Waals surface area contributed by atoms with Crippen molar-refractivity contribution in [2.24, 2.45) is 11.0 Å². The Labute approximate surface area is 135 Å². The summed E-state index contributed by atoms with van der Waals surface area (Å²) in [5.41, 5.74) is 3.09. The molecule has 2 aliphatic heterocycles. The van der Waals surface area contributed by atoms with Crippen molar-refractivity contribution in [2.75, 3.05) is 18.3 Å². The van der Waals surface area contributed by atoms with Crippen LogP contribution in [0.5, 0.6) is 11.5 Å². The minimum Gasteiger partial charge on any atom is -0.454 e. The lowest BCUT2D eigenvalue weighted by Crippen LogP contribution is -2.27. The number of rotatable bonds is 3. The minimum atomic E-state index is -3.08. The molecule has 1 aromatic rings. The van der Waals surface area contributed by atoms with Gasteiger partial charge in [0.15, 0.2) is 21.3 Å². The van der Waals surface area contributed by atoms with Crippen LogP contribution in [0.2, 0.25) is 0 Å². The lowest BCUT2D eigenvalue weighted by Gasteiger charge is -2.05. The first-order chi connectivity index (χ1) is 10.4. The molecule has 0 unspecified atom stereocenters. The van der Waals surface area contributed by atoms with Crippen molar-refractivity contribution in [2.45, 2.75) is 6.42 Å². The largest absolute Gasteiger partial charge is 0.454 e. The zero-order valence-electron chi connectivity index (χ0n) is 11.4. The smallest absolute Gasteiger partial charge is 0.244 e. The Morgan fingerprint density at radius 2 is 2.09 bits per heavy atom. The topological polar surface area (TPSA) is 94.1 Å². The van der Waals surface area contributed by atoms with E-state index in [1.165, 1.54) is 6.21 Å². The molecule has 1 fully saturated rings. The molecule has 1 amide bonds. The molecule has 0 aromatic heterocycles. The number of benzene rings is 1. The van der Waals surface area contributed by atoms with E-state index in [2.05, 4.69) is 26.5 Å². The van der Waals surface area contributed by atoms with E-state index < -0.39 is 15.8 Å². The van der Waals surface area contributed by atoms with Gasteiger partial charge in [-0.25, -0.2) is 13.8 Å². The standard InChI is InChI=1S/C13H13BrN2O5S/c14-10-4-12-11(20-7-21-12)3-9(10)5-15-16-13(17)8-1-2-22(18,19)6-8/h3-5,8H,1-2,6-7H2,(H,16,17)/b15-5-/t8-/m0/s1. The van der Waals surface area contributed by atoms with E-state index in [-0.39, 0.29) is 24.2 Å². The molecule has 9 heteroatoms. The second kappa shape index (κ2) is 5.88. The number of amides is 1. The average molecular weight is 389 g/mol. The van der Waals surface area contributed by atoms with E-state index in [4.69, 9.17) is 9.47 Å². The molecule has 0 aliphatic carbocycles. The van der Waals surface area contributed by atoms with E-state index in [0.717, 1.165) is 4.47 Å². The molecule has 0 radical (unpaired) electrons. The molecule has 0 spiro atoms. The highest BCUT2D eigenvalue weighted by atomic mass is 79.9. The molecule has 2 heterocycles. The van der Waals surface area contributed by atoms with Gasteiger partial charge in [0.25, 0.3) is 0 Å². The first kappa shape index (κ1) is 15.3. The summed E-state index contributed by atoms with van der Waals surface area (Å²) in [6.45, 7) is 0.176. The highest BCUT2D eigenvalue weighted by molar-refractivity contribution is 9.10. The maximum atomic E-state index is 11.8. The second-order valence-electron chi connectivity index (χ2n) is 5.06. The Kier molecular flexibility index (Phi) is 4.09. The maximum Gasteiger partial charge on any atom is 0.244 e. The number of nitrogens with one attached hydrogen (secondary N) is 1. The third-order valence-corrected chi connectivity index (χ3v) is 5.93. The van der Waals surface area contributed by atoms with Gasteiger partial charge in [-0.15, -0.1) is 0 Å². The number of sulfone groups is 1. The number of halogens is 1. The summed E-state index contributed by atoms with van der Waals surface area (Å²) in [6.07, 6.45) is 1.81. The van der Waals surface area contributed by atoms with Crippen molar-refractivity contribution in [3.8, 4) is 11.5 Å². The summed E-state index contributed by atoms with van der Waals surface area (Å²) in [4.78, 5) is 11.8. The van der Waals surface area contributed by atoms with Crippen LogP contribution in [0.4, 0.5) is 0 Å². The highest BCUT2D eigenvalue weighted by Crippen LogP contribution is 2.36. The fourth-order valence-electron chi connectivity index (χ4n) is 2.29. The van der Waals surface area contributed by atoms with Crippen molar-refractivity contribution in [3.63, 3.8) is 0 Å². The minimum absolute atomic E-state index is 0.0580. The predicted molar refractivity (Wildman–Crippen MR) is 82.8 cm³/mol. The molecule has 2 aliphatic rings. The van der Waals surface area contributed by atoms with E-state index in [0.29, 0.717) is 23.5 Å². The molecule has 1 saturated heterocycles. The molecule has 0 bridgehead atoms. The quantitative estimate of drug-likeness (QED) is 0.617. The third-order valence-electron chi connectivity index (χ3n) is 3.47. The molecule has 7 nitrogen and oxygen atoms in total. The van der Waals surface area contributed by atoms with E-state index in [9.17, 15) is 13.2 Å². The van der Waals surface area contributed by atoms with Gasteiger partial charge >= 0.3 is 0 Å². The Morgan fingerprint density at radius 1 is 1.36 bits per heavy atom. The molecule has 22 heavy (non-hydrogen) atoms. The lowest BCUT2D eigenvalue weighted by atomic mass is 10.1. The van der Waals surface area contributed by atoms with Crippen LogP contribution in [0, 0.1) is 5.92 Å². The molecule has 1 N–H and O–H groups in total. The van der Waals surface area contributed by atoms with Crippen LogP contribution in [0.25, 0.3) is 0 Å². The van der Waals surface area contributed by atoms with Crippen molar-refractivity contribution < 1.29 is 22.7 Å². The zero-order chi connectivity index (χ0) is 15.7. The number of ether oxygens (including phenoxy) is 2. The molecular formula is C13H13BrN2O5S. The molecule has 0 saturated carbocycles. The van der Waals surface area contributed by atoms with E-state index >= 15 is 0 Å². The Bertz CT molecular complexity index is 747.